The second kappa shape index (κ2) is 5.03. The zero-order valence-electron chi connectivity index (χ0n) is 7.69. The van der Waals surface area contributed by atoms with Crippen LogP contribution in [-0.2, 0) is 10.0 Å². The lowest BCUT2D eigenvalue weighted by Crippen LogP contribution is -2.36. The Labute approximate surface area is 77.9 Å². The molecule has 0 aliphatic carbocycles. The highest BCUT2D eigenvalue weighted by atomic mass is 32.2. The number of amidine groups is 1. The van der Waals surface area contributed by atoms with E-state index >= 15 is 0 Å². The van der Waals surface area contributed by atoms with Crippen molar-refractivity contribution in [2.45, 2.75) is 13.8 Å². The molecular formula is C6H15N3O3S. The summed E-state index contributed by atoms with van der Waals surface area (Å²) < 4.78 is 24.5. The molecule has 0 bridgehead atoms. The van der Waals surface area contributed by atoms with Crippen LogP contribution in [0.3, 0.4) is 0 Å². The molecule has 0 aromatic carbocycles. The predicted molar refractivity (Wildman–Crippen MR) is 50.0 cm³/mol. The summed E-state index contributed by atoms with van der Waals surface area (Å²) in [4.78, 5) is 0. The summed E-state index contributed by atoms with van der Waals surface area (Å²) in [6.45, 7) is 3.43. The molecule has 4 N–H and O–H groups in total. The maximum absolute atomic E-state index is 11.2. The van der Waals surface area contributed by atoms with Gasteiger partial charge in [-0.15, -0.1) is 0 Å². The topological polar surface area (TPSA) is 105 Å². The van der Waals surface area contributed by atoms with E-state index in [9.17, 15) is 8.42 Å². The van der Waals surface area contributed by atoms with Crippen LogP contribution in [-0.4, -0.2) is 31.8 Å². The molecule has 0 saturated carbocycles. The van der Waals surface area contributed by atoms with Gasteiger partial charge in [-0.2, -0.15) is 0 Å². The van der Waals surface area contributed by atoms with Crippen LogP contribution in [0.15, 0.2) is 5.16 Å². The van der Waals surface area contributed by atoms with E-state index in [1.807, 2.05) is 0 Å². The summed E-state index contributed by atoms with van der Waals surface area (Å²) in [6.07, 6.45) is 0. The van der Waals surface area contributed by atoms with Crippen molar-refractivity contribution in [2.24, 2.45) is 16.8 Å². The Hall–Kier alpha value is -0.820. The quantitative estimate of drug-likeness (QED) is 0.241. The molecule has 0 unspecified atom stereocenters. The zero-order chi connectivity index (χ0) is 10.5. The highest BCUT2D eigenvalue weighted by Crippen LogP contribution is 1.96. The molecule has 0 aliphatic heterocycles. The normalized spacial score (nSPS) is 13.6. The molecule has 13 heavy (non-hydrogen) atoms. The lowest BCUT2D eigenvalue weighted by Gasteiger charge is -2.07. The molecule has 0 rings (SSSR count). The third kappa shape index (κ3) is 6.35. The Bertz CT molecular complexity index is 271. The van der Waals surface area contributed by atoms with Gasteiger partial charge in [0.15, 0.2) is 5.84 Å². The number of hydrogen-bond acceptors (Lipinski definition) is 4. The third-order valence-electron chi connectivity index (χ3n) is 1.15. The molecule has 0 amide bonds. The highest BCUT2D eigenvalue weighted by molar-refractivity contribution is 7.89. The number of oxime groups is 1. The molecule has 0 aliphatic rings. The average Bonchev–Trinajstić information content (AvgIpc) is 1.98. The summed E-state index contributed by atoms with van der Waals surface area (Å²) in [6, 6.07) is 0. The summed E-state index contributed by atoms with van der Waals surface area (Å²) in [5.41, 5.74) is 5.08. The van der Waals surface area contributed by atoms with Crippen molar-refractivity contribution in [1.82, 2.24) is 4.72 Å². The average molecular weight is 209 g/mol. The van der Waals surface area contributed by atoms with Gasteiger partial charge in [0, 0.05) is 0 Å². The van der Waals surface area contributed by atoms with Gasteiger partial charge in [-0.05, 0) is 5.92 Å². The van der Waals surface area contributed by atoms with Gasteiger partial charge in [-0.1, -0.05) is 19.0 Å². The summed E-state index contributed by atoms with van der Waals surface area (Å²) in [5.74, 6) is -0.0803. The van der Waals surface area contributed by atoms with E-state index in [0.29, 0.717) is 0 Å². The number of hydrogen-bond donors (Lipinski definition) is 3. The lowest BCUT2D eigenvalue weighted by molar-refractivity contribution is 0.317. The monoisotopic (exact) mass is 209 g/mol. The molecule has 7 heteroatoms. The first kappa shape index (κ1) is 12.2. The van der Waals surface area contributed by atoms with Crippen LogP contribution in [0.25, 0.3) is 0 Å². The molecule has 0 heterocycles. The highest BCUT2D eigenvalue weighted by Gasteiger charge is 2.12. The first-order chi connectivity index (χ1) is 5.87. The van der Waals surface area contributed by atoms with Crippen molar-refractivity contribution < 1.29 is 13.6 Å². The minimum absolute atomic E-state index is 0.0334. The fourth-order valence-corrected chi connectivity index (χ4v) is 2.08. The molecule has 0 fully saturated rings. The smallest absolute Gasteiger partial charge is 0.212 e. The van der Waals surface area contributed by atoms with E-state index in [4.69, 9.17) is 10.9 Å². The molecule has 0 aromatic rings. The second-order valence-electron chi connectivity index (χ2n) is 3.09. The summed E-state index contributed by atoms with van der Waals surface area (Å²) in [5, 5.41) is 10.8. The molecule has 0 spiro atoms. The van der Waals surface area contributed by atoms with Gasteiger partial charge < -0.3 is 10.9 Å². The maximum Gasteiger partial charge on any atom is 0.212 e. The number of nitrogens with two attached hydrogens (primary N) is 1. The van der Waals surface area contributed by atoms with Crippen LogP contribution >= 0.6 is 0 Å². The Kier molecular flexibility index (Phi) is 4.71. The van der Waals surface area contributed by atoms with E-state index < -0.39 is 10.0 Å². The van der Waals surface area contributed by atoms with E-state index in [1.54, 1.807) is 13.8 Å². The van der Waals surface area contributed by atoms with E-state index in [1.165, 1.54) is 0 Å². The standard InChI is InChI=1S/C6H15N3O3S/c1-5(2)4-13(11,12)8-3-6(7)9-10/h5,8,10H,3-4H2,1-2H3,(H2,7,9). The molecular weight excluding hydrogens is 194 g/mol. The molecule has 0 aromatic heterocycles. The van der Waals surface area contributed by atoms with Crippen LogP contribution in [0.2, 0.25) is 0 Å². The summed E-state index contributed by atoms with van der Waals surface area (Å²) >= 11 is 0. The molecule has 0 atom stereocenters. The molecule has 0 radical (unpaired) electrons. The zero-order valence-corrected chi connectivity index (χ0v) is 8.50. The number of nitrogens with one attached hydrogen (secondary N) is 1. The first-order valence-electron chi connectivity index (χ1n) is 3.81. The Balaban J connectivity index is 4.05. The van der Waals surface area contributed by atoms with Gasteiger partial charge in [0.2, 0.25) is 10.0 Å². The molecule has 78 valence electrons. The van der Waals surface area contributed by atoms with Crippen LogP contribution < -0.4 is 10.5 Å². The van der Waals surface area contributed by atoms with Crippen molar-refractivity contribution in [1.29, 1.82) is 0 Å². The van der Waals surface area contributed by atoms with Crippen molar-refractivity contribution in [2.75, 3.05) is 12.3 Å². The minimum atomic E-state index is -3.31. The van der Waals surface area contributed by atoms with Gasteiger partial charge >= 0.3 is 0 Å². The van der Waals surface area contributed by atoms with Gasteiger partial charge in [0.25, 0.3) is 0 Å². The number of rotatable bonds is 5. The molecule has 6 nitrogen and oxygen atoms in total. The maximum atomic E-state index is 11.2. The predicted octanol–water partition coefficient (Wildman–Crippen LogP) is -0.692. The SMILES string of the molecule is CC(C)CS(=O)(=O)NCC(N)=NO. The number of sulfonamides is 1. The van der Waals surface area contributed by atoms with E-state index in [-0.39, 0.29) is 24.1 Å². The third-order valence-corrected chi connectivity index (χ3v) is 2.84. The van der Waals surface area contributed by atoms with Crippen molar-refractivity contribution in [3.63, 3.8) is 0 Å². The van der Waals surface area contributed by atoms with Gasteiger partial charge in [-0.25, -0.2) is 13.1 Å². The van der Waals surface area contributed by atoms with Crippen molar-refractivity contribution in [3.05, 3.63) is 0 Å². The second-order valence-corrected chi connectivity index (χ2v) is 4.94. The summed E-state index contributed by atoms with van der Waals surface area (Å²) in [7, 11) is -3.31. The van der Waals surface area contributed by atoms with Gasteiger partial charge in [0.05, 0.1) is 12.3 Å². The fraction of sp³-hybridized carbons (Fsp3) is 0.833. The first-order valence-corrected chi connectivity index (χ1v) is 5.46. The Morgan fingerprint density at radius 3 is 2.54 bits per heavy atom. The number of nitrogens with zero attached hydrogens (tertiary/aromatic N) is 1. The van der Waals surface area contributed by atoms with Crippen LogP contribution in [0.4, 0.5) is 0 Å². The Morgan fingerprint density at radius 1 is 1.62 bits per heavy atom. The lowest BCUT2D eigenvalue weighted by atomic mass is 10.3. The van der Waals surface area contributed by atoms with Crippen LogP contribution in [0, 0.1) is 5.92 Å². The van der Waals surface area contributed by atoms with E-state index in [0.717, 1.165) is 0 Å². The van der Waals surface area contributed by atoms with Crippen LogP contribution in [0.1, 0.15) is 13.8 Å². The van der Waals surface area contributed by atoms with Crippen molar-refractivity contribution in [3.8, 4) is 0 Å². The molecule has 0 saturated heterocycles. The Morgan fingerprint density at radius 2 is 2.15 bits per heavy atom. The van der Waals surface area contributed by atoms with Crippen molar-refractivity contribution >= 4 is 15.9 Å². The van der Waals surface area contributed by atoms with E-state index in [2.05, 4.69) is 9.88 Å². The van der Waals surface area contributed by atoms with Gasteiger partial charge in [-0.3, -0.25) is 0 Å². The van der Waals surface area contributed by atoms with Gasteiger partial charge in [0.1, 0.15) is 0 Å². The minimum Gasteiger partial charge on any atom is -0.409 e. The van der Waals surface area contributed by atoms with Crippen LogP contribution in [0.5, 0.6) is 0 Å². The largest absolute Gasteiger partial charge is 0.409 e. The fourth-order valence-electron chi connectivity index (χ4n) is 0.717.